The first-order chi connectivity index (χ1) is 8.61. The number of ether oxygens (including phenoxy) is 1. The summed E-state index contributed by atoms with van der Waals surface area (Å²) in [7, 11) is 0. The van der Waals surface area contributed by atoms with Crippen LogP contribution in [0.2, 0.25) is 0 Å². The molecule has 3 fully saturated rings. The lowest BCUT2D eigenvalue weighted by Gasteiger charge is -2.50. The number of hydrogen-bond acceptors (Lipinski definition) is 2. The lowest BCUT2D eigenvalue weighted by molar-refractivity contribution is -0.128. The lowest BCUT2D eigenvalue weighted by atomic mass is 9.69. The summed E-state index contributed by atoms with van der Waals surface area (Å²) >= 11 is 0. The van der Waals surface area contributed by atoms with Gasteiger partial charge in [-0.3, -0.25) is 0 Å². The Morgan fingerprint density at radius 3 is 2.56 bits per heavy atom. The van der Waals surface area contributed by atoms with Crippen LogP contribution in [-0.2, 0) is 4.74 Å². The van der Waals surface area contributed by atoms with E-state index in [4.69, 9.17) is 4.74 Å². The predicted molar refractivity (Wildman–Crippen MR) is 74.7 cm³/mol. The van der Waals surface area contributed by atoms with Crippen molar-refractivity contribution in [3.05, 3.63) is 0 Å². The van der Waals surface area contributed by atoms with Crippen LogP contribution in [0, 0.1) is 11.3 Å². The Morgan fingerprint density at radius 2 is 1.83 bits per heavy atom. The van der Waals surface area contributed by atoms with E-state index in [-0.39, 0.29) is 5.60 Å². The zero-order valence-corrected chi connectivity index (χ0v) is 12.1. The van der Waals surface area contributed by atoms with Crippen LogP contribution in [0.25, 0.3) is 0 Å². The molecule has 2 heteroatoms. The minimum atomic E-state index is 0.178. The molecular weight excluding hydrogens is 222 g/mol. The van der Waals surface area contributed by atoms with Crippen LogP contribution in [0.3, 0.4) is 0 Å². The second kappa shape index (κ2) is 4.79. The van der Waals surface area contributed by atoms with Gasteiger partial charge in [-0.1, -0.05) is 20.3 Å². The van der Waals surface area contributed by atoms with E-state index in [1.165, 1.54) is 51.4 Å². The van der Waals surface area contributed by atoms with E-state index >= 15 is 0 Å². The quantitative estimate of drug-likeness (QED) is 0.770. The Kier molecular flexibility index (Phi) is 3.44. The van der Waals surface area contributed by atoms with Crippen LogP contribution in [0.4, 0.5) is 0 Å². The smallest absolute Gasteiger partial charge is 0.0838 e. The molecule has 1 aliphatic heterocycles. The van der Waals surface area contributed by atoms with Crippen molar-refractivity contribution in [3.63, 3.8) is 0 Å². The van der Waals surface area contributed by atoms with E-state index in [1.54, 1.807) is 0 Å². The van der Waals surface area contributed by atoms with Crippen molar-refractivity contribution in [2.24, 2.45) is 11.3 Å². The Hall–Kier alpha value is -0.0800. The van der Waals surface area contributed by atoms with Crippen molar-refractivity contribution in [1.29, 1.82) is 0 Å². The SMILES string of the molecule is CC1(C)CCCC2(CC1)OCCNC2C1CCC1. The Bertz CT molecular complexity index is 297. The highest BCUT2D eigenvalue weighted by atomic mass is 16.5. The average molecular weight is 251 g/mol. The number of morpholine rings is 1. The van der Waals surface area contributed by atoms with Crippen LogP contribution >= 0.6 is 0 Å². The van der Waals surface area contributed by atoms with Gasteiger partial charge in [0.25, 0.3) is 0 Å². The van der Waals surface area contributed by atoms with Crippen LogP contribution in [-0.4, -0.2) is 24.8 Å². The van der Waals surface area contributed by atoms with Crippen molar-refractivity contribution in [2.45, 2.75) is 76.9 Å². The largest absolute Gasteiger partial charge is 0.372 e. The molecular formula is C16H29NO. The summed E-state index contributed by atoms with van der Waals surface area (Å²) in [6.07, 6.45) is 10.9. The first-order valence-corrected chi connectivity index (χ1v) is 7.99. The van der Waals surface area contributed by atoms with Gasteiger partial charge in [-0.15, -0.1) is 0 Å². The van der Waals surface area contributed by atoms with Gasteiger partial charge in [-0.25, -0.2) is 0 Å². The van der Waals surface area contributed by atoms with Crippen molar-refractivity contribution in [1.82, 2.24) is 5.32 Å². The fraction of sp³-hybridized carbons (Fsp3) is 1.00. The molecule has 2 atom stereocenters. The van der Waals surface area contributed by atoms with Gasteiger partial charge in [0.1, 0.15) is 0 Å². The zero-order chi connectivity index (χ0) is 12.6. The molecule has 2 aliphatic carbocycles. The number of hydrogen-bond donors (Lipinski definition) is 1. The summed E-state index contributed by atoms with van der Waals surface area (Å²) in [5.41, 5.74) is 0.700. The third-order valence-electron chi connectivity index (χ3n) is 5.72. The fourth-order valence-electron chi connectivity index (χ4n) is 4.24. The van der Waals surface area contributed by atoms with E-state index in [0.717, 1.165) is 19.1 Å². The van der Waals surface area contributed by atoms with Gasteiger partial charge in [0.2, 0.25) is 0 Å². The normalized spacial score (nSPS) is 41.3. The molecule has 104 valence electrons. The highest BCUT2D eigenvalue weighted by Crippen LogP contribution is 2.46. The van der Waals surface area contributed by atoms with Gasteiger partial charge in [0, 0.05) is 12.6 Å². The first kappa shape index (κ1) is 12.9. The van der Waals surface area contributed by atoms with Crippen molar-refractivity contribution in [3.8, 4) is 0 Å². The highest BCUT2D eigenvalue weighted by molar-refractivity contribution is 5.03. The maximum atomic E-state index is 6.39. The van der Waals surface area contributed by atoms with Gasteiger partial charge in [0.15, 0.2) is 0 Å². The molecule has 2 unspecified atom stereocenters. The van der Waals surface area contributed by atoms with Gasteiger partial charge in [-0.2, -0.15) is 0 Å². The number of nitrogens with one attached hydrogen (secondary N) is 1. The summed E-state index contributed by atoms with van der Waals surface area (Å²) in [6, 6.07) is 0.647. The van der Waals surface area contributed by atoms with E-state index in [9.17, 15) is 0 Å². The molecule has 1 spiro atoms. The molecule has 18 heavy (non-hydrogen) atoms. The Morgan fingerprint density at radius 1 is 1.00 bits per heavy atom. The topological polar surface area (TPSA) is 21.3 Å². The maximum Gasteiger partial charge on any atom is 0.0838 e. The van der Waals surface area contributed by atoms with E-state index in [1.807, 2.05) is 0 Å². The molecule has 3 rings (SSSR count). The molecule has 1 saturated heterocycles. The molecule has 0 amide bonds. The van der Waals surface area contributed by atoms with Crippen molar-refractivity contribution < 1.29 is 4.74 Å². The predicted octanol–water partition coefficient (Wildman–Crippen LogP) is 3.50. The van der Waals surface area contributed by atoms with Crippen LogP contribution < -0.4 is 5.32 Å². The van der Waals surface area contributed by atoms with Gasteiger partial charge < -0.3 is 10.1 Å². The lowest BCUT2D eigenvalue weighted by Crippen LogP contribution is -2.62. The van der Waals surface area contributed by atoms with Crippen LogP contribution in [0.15, 0.2) is 0 Å². The molecule has 0 bridgehead atoms. The Balaban J connectivity index is 1.76. The molecule has 2 nitrogen and oxygen atoms in total. The molecule has 1 heterocycles. The second-order valence-electron chi connectivity index (χ2n) is 7.55. The molecule has 0 radical (unpaired) electrons. The van der Waals surface area contributed by atoms with E-state index in [2.05, 4.69) is 19.2 Å². The molecule has 0 aromatic rings. The van der Waals surface area contributed by atoms with E-state index in [0.29, 0.717) is 11.5 Å². The molecule has 1 N–H and O–H groups in total. The standard InChI is InChI=1S/C16H29NO/c1-15(2)7-4-8-16(10-9-15)14(13-5-3-6-13)17-11-12-18-16/h13-14,17H,3-12H2,1-2H3. The molecule has 3 aliphatic rings. The van der Waals surface area contributed by atoms with Gasteiger partial charge in [0.05, 0.1) is 12.2 Å². The van der Waals surface area contributed by atoms with Crippen LogP contribution in [0.1, 0.15) is 65.2 Å². The van der Waals surface area contributed by atoms with Gasteiger partial charge in [-0.05, 0) is 56.3 Å². The third kappa shape index (κ3) is 2.34. The van der Waals surface area contributed by atoms with Crippen molar-refractivity contribution in [2.75, 3.05) is 13.2 Å². The summed E-state index contributed by atoms with van der Waals surface area (Å²) in [4.78, 5) is 0. The minimum Gasteiger partial charge on any atom is -0.372 e. The van der Waals surface area contributed by atoms with Crippen molar-refractivity contribution >= 4 is 0 Å². The minimum absolute atomic E-state index is 0.178. The fourth-order valence-corrected chi connectivity index (χ4v) is 4.24. The average Bonchev–Trinajstić information content (AvgIpc) is 2.40. The summed E-state index contributed by atoms with van der Waals surface area (Å²) in [6.45, 7) is 6.84. The molecule has 0 aromatic heterocycles. The first-order valence-electron chi connectivity index (χ1n) is 7.99. The molecule has 2 saturated carbocycles. The third-order valence-corrected chi connectivity index (χ3v) is 5.72. The maximum absolute atomic E-state index is 6.39. The zero-order valence-electron chi connectivity index (χ0n) is 12.1. The summed E-state index contributed by atoms with van der Waals surface area (Å²) in [5.74, 6) is 0.895. The summed E-state index contributed by atoms with van der Waals surface area (Å²) < 4.78 is 6.39. The Labute approximate surface area is 112 Å². The monoisotopic (exact) mass is 251 g/mol. The highest BCUT2D eigenvalue weighted by Gasteiger charge is 2.48. The summed E-state index contributed by atoms with van der Waals surface area (Å²) in [5, 5.41) is 3.81. The number of rotatable bonds is 1. The second-order valence-corrected chi connectivity index (χ2v) is 7.55. The van der Waals surface area contributed by atoms with E-state index < -0.39 is 0 Å². The molecule has 0 aromatic carbocycles. The van der Waals surface area contributed by atoms with Crippen LogP contribution in [0.5, 0.6) is 0 Å². The van der Waals surface area contributed by atoms with Gasteiger partial charge >= 0.3 is 0 Å².